The van der Waals surface area contributed by atoms with Gasteiger partial charge in [0.1, 0.15) is 11.5 Å². The van der Waals surface area contributed by atoms with Gasteiger partial charge in [0.2, 0.25) is 5.91 Å². The number of hydrogen-bond donors (Lipinski definition) is 6. The van der Waals surface area contributed by atoms with Crippen molar-refractivity contribution >= 4 is 41.0 Å². The first-order chi connectivity index (χ1) is 19.2. The number of anilines is 2. The molecule has 0 bridgehead atoms. The average molecular weight is 569 g/mol. The number of hydrogen-bond acceptors (Lipinski definition) is 8. The van der Waals surface area contributed by atoms with E-state index in [1.165, 1.54) is 6.07 Å². The highest BCUT2D eigenvalue weighted by molar-refractivity contribution is 6.48. The summed E-state index contributed by atoms with van der Waals surface area (Å²) in [4.78, 5) is 48.0. The lowest BCUT2D eigenvalue weighted by Crippen LogP contribution is -2.25. The van der Waals surface area contributed by atoms with Crippen molar-refractivity contribution in [3.8, 4) is 22.9 Å². The number of primary amides is 1. The molecular weight excluding hydrogens is 551 g/mol. The van der Waals surface area contributed by atoms with E-state index in [1.54, 1.807) is 6.07 Å². The molecule has 7 N–H and O–H groups in total. The molecule has 0 aromatic heterocycles. The molecule has 0 unspecified atom stereocenters. The lowest BCUT2D eigenvalue weighted by atomic mass is 9.91. The first-order valence-corrected chi connectivity index (χ1v) is 11.1. The van der Waals surface area contributed by atoms with Gasteiger partial charge in [-0.1, -0.05) is 6.07 Å². The third kappa shape index (κ3) is 6.40. The van der Waals surface area contributed by atoms with E-state index < -0.39 is 74.9 Å². The third-order valence-electron chi connectivity index (χ3n) is 5.57. The number of methoxy groups -OCH3 is 1. The van der Waals surface area contributed by atoms with Gasteiger partial charge in [0.05, 0.1) is 41.1 Å². The lowest BCUT2D eigenvalue weighted by molar-refractivity contribution is -0.137. The second-order valence-electron chi connectivity index (χ2n) is 8.16. The Kier molecular flexibility index (Phi) is 8.28. The van der Waals surface area contributed by atoms with Crippen molar-refractivity contribution in [2.45, 2.75) is 6.18 Å². The highest BCUT2D eigenvalue weighted by Gasteiger charge is 2.35. The molecule has 0 aliphatic rings. The Bertz CT molecular complexity index is 1660. The Labute approximate surface area is 228 Å². The second kappa shape index (κ2) is 11.5. The van der Waals surface area contributed by atoms with Gasteiger partial charge in [-0.25, -0.2) is 9.59 Å². The minimum absolute atomic E-state index is 0.0342. The summed E-state index contributed by atoms with van der Waals surface area (Å²) < 4.78 is 46.5. The number of nitrogens with one attached hydrogen (secondary N) is 3. The van der Waals surface area contributed by atoms with Crippen LogP contribution in [0.15, 0.2) is 48.5 Å². The Morgan fingerprint density at radius 2 is 1.66 bits per heavy atom. The predicted octanol–water partition coefficient (Wildman–Crippen LogP) is 3.93. The number of nitriles is 1. The number of carbonyl (C=O) groups is 4. The summed E-state index contributed by atoms with van der Waals surface area (Å²) in [6, 6.07) is 8.95. The largest absolute Gasteiger partial charge is 0.507 e. The summed E-state index contributed by atoms with van der Waals surface area (Å²) in [5.74, 6) is -4.89. The Balaban J connectivity index is 2.14. The van der Waals surface area contributed by atoms with Gasteiger partial charge in [-0.15, -0.1) is 0 Å². The number of benzene rings is 3. The highest BCUT2D eigenvalue weighted by Crippen LogP contribution is 2.41. The van der Waals surface area contributed by atoms with Gasteiger partial charge >= 0.3 is 18.2 Å². The molecule has 0 heterocycles. The molecule has 0 fully saturated rings. The number of carboxylic acids is 1. The smallest absolute Gasteiger partial charge is 0.417 e. The summed E-state index contributed by atoms with van der Waals surface area (Å²) >= 11 is 0. The van der Waals surface area contributed by atoms with Crippen molar-refractivity contribution in [1.29, 1.82) is 10.7 Å². The molecule has 0 spiro atoms. The quantitative estimate of drug-likeness (QED) is 0.229. The van der Waals surface area contributed by atoms with Crippen LogP contribution in [-0.2, 0) is 15.7 Å². The zero-order valence-corrected chi connectivity index (χ0v) is 20.7. The van der Waals surface area contributed by atoms with E-state index in [0.29, 0.717) is 12.1 Å². The molecule has 3 rings (SSSR count). The molecule has 0 saturated carbocycles. The van der Waals surface area contributed by atoms with Gasteiger partial charge < -0.3 is 26.0 Å². The van der Waals surface area contributed by atoms with Crippen LogP contribution in [0.4, 0.5) is 29.3 Å². The van der Waals surface area contributed by atoms with Gasteiger partial charge in [0.15, 0.2) is 0 Å². The third-order valence-corrected chi connectivity index (χ3v) is 5.57. The summed E-state index contributed by atoms with van der Waals surface area (Å²) in [5, 5.41) is 41.3. The second-order valence-corrected chi connectivity index (χ2v) is 8.16. The Morgan fingerprint density at radius 1 is 0.976 bits per heavy atom. The number of phenolic OH excluding ortho intramolecular Hbond substituents is 1. The van der Waals surface area contributed by atoms with Crippen LogP contribution in [-0.4, -0.2) is 46.9 Å². The Hall–Kier alpha value is -5.91. The number of phenols is 1. The number of aromatic hydroxyl groups is 1. The number of nitrogens with zero attached hydrogens (tertiary/aromatic N) is 1. The molecule has 0 saturated heterocycles. The highest BCUT2D eigenvalue weighted by atomic mass is 19.4. The van der Waals surface area contributed by atoms with Crippen LogP contribution >= 0.6 is 0 Å². The van der Waals surface area contributed by atoms with E-state index in [9.17, 15) is 42.6 Å². The Morgan fingerprint density at radius 3 is 2.22 bits per heavy atom. The number of amides is 3. The van der Waals surface area contributed by atoms with Crippen LogP contribution in [0.3, 0.4) is 0 Å². The molecule has 15 heteroatoms. The first-order valence-electron chi connectivity index (χ1n) is 11.1. The van der Waals surface area contributed by atoms with Crippen molar-refractivity contribution in [1.82, 2.24) is 0 Å². The van der Waals surface area contributed by atoms with Crippen molar-refractivity contribution in [3.05, 3.63) is 76.3 Å². The fourth-order valence-corrected chi connectivity index (χ4v) is 3.68. The normalized spacial score (nSPS) is 10.7. The molecule has 3 amide bonds. The average Bonchev–Trinajstić information content (AvgIpc) is 2.91. The molecule has 3 aromatic rings. The lowest BCUT2D eigenvalue weighted by Gasteiger charge is -2.18. The number of nitrogens with two attached hydrogens (primary N) is 1. The standard InChI is InChI=1S/C26H18F3N5O7/c1-41-25(40)33-12-3-4-13(18(7-12)26(27,28)29)14-8-17(20(35)9-15(14)22(32)36)21(31)23(37)34-19-5-2-11(10-30)6-16(19)24(38)39/h2-9,31,35H,1H3,(H2,32,36)(H,33,40)(H,34,37)(H,38,39). The molecule has 0 radical (unpaired) electrons. The minimum Gasteiger partial charge on any atom is -0.507 e. The zero-order valence-electron chi connectivity index (χ0n) is 20.7. The van der Waals surface area contributed by atoms with E-state index >= 15 is 0 Å². The van der Waals surface area contributed by atoms with Crippen LogP contribution in [0.5, 0.6) is 5.75 Å². The molecule has 210 valence electrons. The van der Waals surface area contributed by atoms with Gasteiger partial charge in [-0.3, -0.25) is 20.3 Å². The number of aromatic carboxylic acids is 1. The van der Waals surface area contributed by atoms with Crippen LogP contribution in [0, 0.1) is 16.7 Å². The summed E-state index contributed by atoms with van der Waals surface area (Å²) in [7, 11) is 1.00. The van der Waals surface area contributed by atoms with E-state index in [0.717, 1.165) is 37.4 Å². The fourth-order valence-electron chi connectivity index (χ4n) is 3.68. The maximum atomic E-state index is 14.0. The van der Waals surface area contributed by atoms with Gasteiger partial charge in [-0.2, -0.15) is 18.4 Å². The predicted molar refractivity (Wildman–Crippen MR) is 137 cm³/mol. The first kappa shape index (κ1) is 29.6. The SMILES string of the molecule is COC(=O)Nc1ccc(-c2cc(C(=N)C(=O)Nc3ccc(C#N)cc3C(=O)O)c(O)cc2C(N)=O)c(C(F)(F)F)c1. The summed E-state index contributed by atoms with van der Waals surface area (Å²) in [6.45, 7) is 0. The number of halogens is 3. The van der Waals surface area contributed by atoms with Crippen LogP contribution in [0.2, 0.25) is 0 Å². The van der Waals surface area contributed by atoms with Crippen molar-refractivity contribution in [3.63, 3.8) is 0 Å². The van der Waals surface area contributed by atoms with Gasteiger partial charge in [0, 0.05) is 11.3 Å². The van der Waals surface area contributed by atoms with E-state index in [2.05, 4.69) is 15.4 Å². The zero-order chi connectivity index (χ0) is 30.6. The summed E-state index contributed by atoms with van der Waals surface area (Å²) in [6.07, 6.45) is -6.09. The monoisotopic (exact) mass is 569 g/mol. The van der Waals surface area contributed by atoms with Crippen molar-refractivity contribution in [2.75, 3.05) is 17.7 Å². The number of carboxylic acid groups (broad SMARTS) is 1. The molecule has 0 aliphatic carbocycles. The molecule has 3 aromatic carbocycles. The molecule has 0 atom stereocenters. The van der Waals surface area contributed by atoms with Crippen molar-refractivity contribution in [2.24, 2.45) is 5.73 Å². The van der Waals surface area contributed by atoms with Crippen LogP contribution < -0.4 is 16.4 Å². The number of ether oxygens (including phenoxy) is 1. The fraction of sp³-hybridized carbons (Fsp3) is 0.0769. The van der Waals surface area contributed by atoms with E-state index in [1.807, 2.05) is 0 Å². The molecule has 0 aliphatic heterocycles. The van der Waals surface area contributed by atoms with Crippen molar-refractivity contribution < 1.29 is 47.3 Å². The maximum Gasteiger partial charge on any atom is 0.417 e. The summed E-state index contributed by atoms with van der Waals surface area (Å²) in [5.41, 5.74) is -0.534. The number of carbonyl (C=O) groups excluding carboxylic acids is 3. The van der Waals surface area contributed by atoms with Gasteiger partial charge in [0.25, 0.3) is 5.91 Å². The van der Waals surface area contributed by atoms with Crippen LogP contribution in [0.1, 0.15) is 37.4 Å². The minimum atomic E-state index is -5.04. The van der Waals surface area contributed by atoms with Gasteiger partial charge in [-0.05, 0) is 53.6 Å². The van der Waals surface area contributed by atoms with Crippen LogP contribution in [0.25, 0.3) is 11.1 Å². The molecule has 41 heavy (non-hydrogen) atoms. The topological polar surface area (TPSA) is 216 Å². The van der Waals surface area contributed by atoms with E-state index in [-0.39, 0.29) is 16.9 Å². The number of rotatable bonds is 7. The van der Waals surface area contributed by atoms with E-state index in [4.69, 9.17) is 16.4 Å². The molecule has 12 nitrogen and oxygen atoms in total. The number of alkyl halides is 3. The maximum absolute atomic E-state index is 14.0. The molecular formula is C26H18F3N5O7.